The van der Waals surface area contributed by atoms with Crippen molar-refractivity contribution in [2.75, 3.05) is 0 Å². The van der Waals surface area contributed by atoms with Gasteiger partial charge in [0.2, 0.25) is 0 Å². The first-order valence-corrected chi connectivity index (χ1v) is 6.56. The molecule has 0 heterocycles. The lowest BCUT2D eigenvalue weighted by Crippen LogP contribution is -2.20. The maximum absolute atomic E-state index is 12.0. The third-order valence-electron chi connectivity index (χ3n) is 2.99. The zero-order valence-corrected chi connectivity index (χ0v) is 11.6. The van der Waals surface area contributed by atoms with Gasteiger partial charge in [-0.25, -0.2) is 5.43 Å². The van der Waals surface area contributed by atoms with Gasteiger partial charge in [-0.2, -0.15) is 5.10 Å². The minimum absolute atomic E-state index is 0.106. The van der Waals surface area contributed by atoms with Gasteiger partial charge in [-0.15, -0.1) is 0 Å². The summed E-state index contributed by atoms with van der Waals surface area (Å²) in [6.45, 7) is 1.87. The van der Waals surface area contributed by atoms with Crippen molar-refractivity contribution < 1.29 is 15.0 Å². The maximum atomic E-state index is 12.0. The summed E-state index contributed by atoms with van der Waals surface area (Å²) >= 11 is 0. The molecule has 108 valence electrons. The number of aromatic hydroxyl groups is 2. The van der Waals surface area contributed by atoms with Gasteiger partial charge in [0.25, 0.3) is 5.91 Å². The van der Waals surface area contributed by atoms with Crippen LogP contribution in [0.25, 0.3) is 0 Å². The topological polar surface area (TPSA) is 81.9 Å². The highest BCUT2D eigenvalue weighted by Crippen LogP contribution is 2.18. The molecular formula is C16H16N2O3. The molecule has 0 spiro atoms. The lowest BCUT2D eigenvalue weighted by atomic mass is 10.1. The minimum atomic E-state index is -0.505. The number of carbonyl (C=O) groups excluding carboxylic acids is 1. The van der Waals surface area contributed by atoms with E-state index in [2.05, 4.69) is 10.5 Å². The smallest absolute Gasteiger partial charge is 0.275 e. The first-order chi connectivity index (χ1) is 10.1. The van der Waals surface area contributed by atoms with Gasteiger partial charge in [0.15, 0.2) is 0 Å². The Kier molecular flexibility index (Phi) is 4.56. The van der Waals surface area contributed by atoms with Crippen LogP contribution in [0.1, 0.15) is 29.3 Å². The SMILES string of the molecule is CC/C(=N\NC(=O)c1ccccc1O)c1ccccc1O. The van der Waals surface area contributed by atoms with Crippen LogP contribution in [0.15, 0.2) is 53.6 Å². The first kappa shape index (κ1) is 14.6. The molecule has 1 amide bonds. The molecule has 21 heavy (non-hydrogen) atoms. The van der Waals surface area contributed by atoms with Gasteiger partial charge in [-0.05, 0) is 30.7 Å². The quantitative estimate of drug-likeness (QED) is 0.596. The molecule has 0 unspecified atom stereocenters. The van der Waals surface area contributed by atoms with Crippen molar-refractivity contribution in [3.8, 4) is 11.5 Å². The van der Waals surface area contributed by atoms with Crippen LogP contribution in [0.2, 0.25) is 0 Å². The van der Waals surface area contributed by atoms with Crippen molar-refractivity contribution in [3.63, 3.8) is 0 Å². The van der Waals surface area contributed by atoms with Crippen LogP contribution in [0.4, 0.5) is 0 Å². The molecule has 0 aromatic heterocycles. The number of nitrogens with one attached hydrogen (secondary N) is 1. The zero-order chi connectivity index (χ0) is 15.2. The molecule has 0 bridgehead atoms. The largest absolute Gasteiger partial charge is 0.507 e. The van der Waals surface area contributed by atoms with E-state index in [1.165, 1.54) is 12.1 Å². The molecule has 2 aromatic carbocycles. The van der Waals surface area contributed by atoms with Gasteiger partial charge in [0.1, 0.15) is 11.5 Å². The molecular weight excluding hydrogens is 268 g/mol. The summed E-state index contributed by atoms with van der Waals surface area (Å²) in [6, 6.07) is 13.0. The lowest BCUT2D eigenvalue weighted by molar-refractivity contribution is 0.0952. The summed E-state index contributed by atoms with van der Waals surface area (Å²) in [4.78, 5) is 12.0. The average Bonchev–Trinajstić information content (AvgIpc) is 2.49. The van der Waals surface area contributed by atoms with Gasteiger partial charge in [0, 0.05) is 5.56 Å². The Morgan fingerprint density at radius 1 is 1.00 bits per heavy atom. The van der Waals surface area contributed by atoms with Gasteiger partial charge in [-0.3, -0.25) is 4.79 Å². The number of para-hydroxylation sites is 2. The molecule has 0 atom stereocenters. The second kappa shape index (κ2) is 6.56. The second-order valence-electron chi connectivity index (χ2n) is 4.39. The number of benzene rings is 2. The summed E-state index contributed by atoms with van der Waals surface area (Å²) in [5.74, 6) is -0.504. The van der Waals surface area contributed by atoms with Crippen molar-refractivity contribution in [2.45, 2.75) is 13.3 Å². The number of phenolic OH excluding ortho intramolecular Hbond substituents is 2. The number of hydrogen-bond donors (Lipinski definition) is 3. The van der Waals surface area contributed by atoms with E-state index in [0.29, 0.717) is 17.7 Å². The van der Waals surface area contributed by atoms with E-state index < -0.39 is 5.91 Å². The van der Waals surface area contributed by atoms with Crippen molar-refractivity contribution in [1.82, 2.24) is 5.43 Å². The number of nitrogens with zero attached hydrogens (tertiary/aromatic N) is 1. The number of rotatable bonds is 4. The molecule has 0 radical (unpaired) electrons. The second-order valence-corrected chi connectivity index (χ2v) is 4.39. The Morgan fingerprint density at radius 3 is 2.05 bits per heavy atom. The highest BCUT2D eigenvalue weighted by Gasteiger charge is 2.11. The van der Waals surface area contributed by atoms with E-state index in [9.17, 15) is 15.0 Å². The van der Waals surface area contributed by atoms with Crippen LogP contribution in [0.3, 0.4) is 0 Å². The summed E-state index contributed by atoms with van der Waals surface area (Å²) < 4.78 is 0. The Morgan fingerprint density at radius 2 is 1.52 bits per heavy atom. The number of phenols is 2. The van der Waals surface area contributed by atoms with E-state index in [1.807, 2.05) is 6.92 Å². The fraction of sp³-hybridized carbons (Fsp3) is 0.125. The molecule has 5 heteroatoms. The van der Waals surface area contributed by atoms with Crippen LogP contribution in [-0.2, 0) is 0 Å². The maximum Gasteiger partial charge on any atom is 0.275 e. The van der Waals surface area contributed by atoms with Crippen LogP contribution >= 0.6 is 0 Å². The summed E-state index contributed by atoms with van der Waals surface area (Å²) in [5.41, 5.74) is 3.66. The lowest BCUT2D eigenvalue weighted by Gasteiger charge is -2.07. The zero-order valence-electron chi connectivity index (χ0n) is 11.6. The van der Waals surface area contributed by atoms with E-state index >= 15 is 0 Å². The third kappa shape index (κ3) is 3.39. The fourth-order valence-electron chi connectivity index (χ4n) is 1.89. The van der Waals surface area contributed by atoms with E-state index in [-0.39, 0.29) is 17.1 Å². The Bertz CT molecular complexity index is 681. The number of carbonyl (C=O) groups is 1. The van der Waals surface area contributed by atoms with Crippen LogP contribution in [0.5, 0.6) is 11.5 Å². The Hall–Kier alpha value is -2.82. The van der Waals surface area contributed by atoms with Gasteiger partial charge < -0.3 is 10.2 Å². The molecule has 3 N–H and O–H groups in total. The standard InChI is InChI=1S/C16H16N2O3/c1-2-13(11-7-3-5-9-14(11)19)17-18-16(21)12-8-4-6-10-15(12)20/h3-10,19-20H,2H2,1H3,(H,18,21)/b17-13+. The minimum Gasteiger partial charge on any atom is -0.507 e. The molecule has 2 rings (SSSR count). The molecule has 0 fully saturated rings. The molecule has 5 nitrogen and oxygen atoms in total. The Labute approximate surface area is 122 Å². The average molecular weight is 284 g/mol. The van der Waals surface area contributed by atoms with E-state index in [4.69, 9.17) is 0 Å². The highest BCUT2D eigenvalue weighted by atomic mass is 16.3. The van der Waals surface area contributed by atoms with Crippen molar-refractivity contribution in [1.29, 1.82) is 0 Å². The summed E-state index contributed by atoms with van der Waals surface area (Å²) in [5, 5.41) is 23.5. The predicted octanol–water partition coefficient (Wildman–Crippen LogP) is 2.64. The summed E-state index contributed by atoms with van der Waals surface area (Å²) in [6.07, 6.45) is 0.540. The highest BCUT2D eigenvalue weighted by molar-refractivity contribution is 6.04. The van der Waals surface area contributed by atoms with Crippen LogP contribution in [-0.4, -0.2) is 21.8 Å². The number of amides is 1. The van der Waals surface area contributed by atoms with Crippen LogP contribution in [0, 0.1) is 0 Å². The fourth-order valence-corrected chi connectivity index (χ4v) is 1.89. The first-order valence-electron chi connectivity index (χ1n) is 6.56. The van der Waals surface area contributed by atoms with Gasteiger partial charge in [-0.1, -0.05) is 31.2 Å². The Balaban J connectivity index is 2.21. The third-order valence-corrected chi connectivity index (χ3v) is 2.99. The predicted molar refractivity (Wildman–Crippen MR) is 80.5 cm³/mol. The molecule has 0 aliphatic rings. The molecule has 0 aliphatic heterocycles. The monoisotopic (exact) mass is 284 g/mol. The normalized spacial score (nSPS) is 11.2. The van der Waals surface area contributed by atoms with Gasteiger partial charge >= 0.3 is 0 Å². The van der Waals surface area contributed by atoms with E-state index in [0.717, 1.165) is 0 Å². The van der Waals surface area contributed by atoms with Gasteiger partial charge in [0.05, 0.1) is 11.3 Å². The summed E-state index contributed by atoms with van der Waals surface area (Å²) in [7, 11) is 0. The molecule has 0 saturated heterocycles. The van der Waals surface area contributed by atoms with Crippen molar-refractivity contribution in [2.24, 2.45) is 5.10 Å². The molecule has 2 aromatic rings. The molecule has 0 aliphatic carbocycles. The van der Waals surface area contributed by atoms with E-state index in [1.54, 1.807) is 36.4 Å². The molecule has 0 saturated carbocycles. The van der Waals surface area contributed by atoms with Crippen molar-refractivity contribution >= 4 is 11.6 Å². The number of hydrogen-bond acceptors (Lipinski definition) is 4. The van der Waals surface area contributed by atoms with Crippen LogP contribution < -0.4 is 5.43 Å². The number of hydrazone groups is 1. The van der Waals surface area contributed by atoms with Crippen molar-refractivity contribution in [3.05, 3.63) is 59.7 Å².